The van der Waals surface area contributed by atoms with Gasteiger partial charge in [-0.1, -0.05) is 45.0 Å². The number of rotatable bonds is 3. The highest BCUT2D eigenvalue weighted by atomic mass is 16.2. The maximum absolute atomic E-state index is 12.5. The molecule has 5 nitrogen and oxygen atoms in total. The number of anilines is 1. The number of carbonyl (C=O) groups excluding carboxylic acids is 3. The van der Waals surface area contributed by atoms with Crippen LogP contribution in [0, 0.1) is 0 Å². The van der Waals surface area contributed by atoms with Gasteiger partial charge in [-0.3, -0.25) is 14.4 Å². The van der Waals surface area contributed by atoms with Crippen molar-refractivity contribution in [3.05, 3.63) is 64.7 Å². The van der Waals surface area contributed by atoms with Crippen molar-refractivity contribution < 1.29 is 14.4 Å². The Balaban J connectivity index is 2.03. The molecule has 2 aromatic carbocycles. The number of fused-ring (bicyclic) bond motifs is 1. The van der Waals surface area contributed by atoms with E-state index < -0.39 is 17.6 Å². The van der Waals surface area contributed by atoms with E-state index in [9.17, 15) is 14.4 Å². The molecule has 0 aliphatic carbocycles. The van der Waals surface area contributed by atoms with Gasteiger partial charge in [0.25, 0.3) is 11.7 Å². The van der Waals surface area contributed by atoms with E-state index in [1.54, 1.807) is 6.07 Å². The van der Waals surface area contributed by atoms with Crippen molar-refractivity contribution in [2.45, 2.75) is 32.7 Å². The van der Waals surface area contributed by atoms with Crippen molar-refractivity contribution >= 4 is 23.3 Å². The summed E-state index contributed by atoms with van der Waals surface area (Å²) in [5, 5.41) is 0. The Bertz CT molecular complexity index is 894. The van der Waals surface area contributed by atoms with Gasteiger partial charge in [-0.15, -0.1) is 0 Å². The van der Waals surface area contributed by atoms with E-state index in [4.69, 9.17) is 5.73 Å². The van der Waals surface area contributed by atoms with Crippen molar-refractivity contribution in [3.63, 3.8) is 0 Å². The third kappa shape index (κ3) is 2.93. The lowest BCUT2D eigenvalue weighted by Gasteiger charge is -2.25. The number of hydrogen-bond acceptors (Lipinski definition) is 3. The van der Waals surface area contributed by atoms with Crippen LogP contribution in [0.2, 0.25) is 0 Å². The molecule has 0 atom stereocenters. The van der Waals surface area contributed by atoms with Gasteiger partial charge in [0.1, 0.15) is 0 Å². The summed E-state index contributed by atoms with van der Waals surface area (Å²) in [4.78, 5) is 37.6. The van der Waals surface area contributed by atoms with Gasteiger partial charge in [-0.2, -0.15) is 0 Å². The van der Waals surface area contributed by atoms with Crippen LogP contribution in [0.25, 0.3) is 0 Å². The summed E-state index contributed by atoms with van der Waals surface area (Å²) in [6.07, 6.45) is 0. The molecule has 2 amide bonds. The molecule has 0 fully saturated rings. The minimum absolute atomic E-state index is 0.0813. The number of nitrogens with two attached hydrogens (primary N) is 1. The average Bonchev–Trinajstić information content (AvgIpc) is 2.79. The summed E-state index contributed by atoms with van der Waals surface area (Å²) in [6, 6.07) is 12.4. The zero-order valence-corrected chi connectivity index (χ0v) is 14.5. The van der Waals surface area contributed by atoms with Gasteiger partial charge in [-0.05, 0) is 34.7 Å². The number of primary amides is 1. The number of nitrogens with zero attached hydrogens (tertiary/aromatic N) is 1. The minimum atomic E-state index is -0.625. The van der Waals surface area contributed by atoms with E-state index in [-0.39, 0.29) is 16.5 Å². The molecule has 2 N–H and O–H groups in total. The largest absolute Gasteiger partial charge is 0.366 e. The number of Topliss-reactive ketones (excluding diaryl/α,β-unsaturated/α-hetero) is 1. The van der Waals surface area contributed by atoms with Crippen molar-refractivity contribution in [3.8, 4) is 0 Å². The molecule has 1 aliphatic heterocycles. The second-order valence-corrected chi connectivity index (χ2v) is 7.22. The number of benzene rings is 2. The van der Waals surface area contributed by atoms with E-state index in [2.05, 4.69) is 20.8 Å². The Kier molecular flexibility index (Phi) is 3.95. The number of ketones is 1. The SMILES string of the molecule is CC(C)(C)c1ccccc1CN1C(=O)C(=O)c2cc(C(N)=O)ccc21. The fraction of sp³-hybridized carbons (Fsp3) is 0.250. The summed E-state index contributed by atoms with van der Waals surface area (Å²) in [7, 11) is 0. The molecular formula is C20H20N2O3. The third-order valence-electron chi connectivity index (χ3n) is 4.41. The van der Waals surface area contributed by atoms with E-state index in [0.717, 1.165) is 11.1 Å². The summed E-state index contributed by atoms with van der Waals surface area (Å²) in [5.41, 5.74) is 8.26. The van der Waals surface area contributed by atoms with E-state index in [1.165, 1.54) is 17.0 Å². The van der Waals surface area contributed by atoms with E-state index >= 15 is 0 Å². The summed E-state index contributed by atoms with van der Waals surface area (Å²) >= 11 is 0. The number of amides is 2. The molecule has 0 saturated carbocycles. The zero-order valence-electron chi connectivity index (χ0n) is 14.5. The Morgan fingerprint density at radius 3 is 2.40 bits per heavy atom. The first-order chi connectivity index (χ1) is 11.7. The van der Waals surface area contributed by atoms with E-state index in [0.29, 0.717) is 12.2 Å². The molecule has 0 bridgehead atoms. The number of hydrogen-bond donors (Lipinski definition) is 1. The predicted molar refractivity (Wildman–Crippen MR) is 95.6 cm³/mol. The summed E-state index contributed by atoms with van der Waals surface area (Å²) < 4.78 is 0. The first kappa shape index (κ1) is 16.9. The van der Waals surface area contributed by atoms with E-state index in [1.807, 2.05) is 24.3 Å². The van der Waals surface area contributed by atoms with Crippen LogP contribution in [0.15, 0.2) is 42.5 Å². The maximum Gasteiger partial charge on any atom is 0.299 e. The maximum atomic E-state index is 12.5. The summed E-state index contributed by atoms with van der Waals surface area (Å²) in [5.74, 6) is -1.81. The van der Waals surface area contributed by atoms with Crippen molar-refractivity contribution in [2.75, 3.05) is 4.90 Å². The van der Waals surface area contributed by atoms with Gasteiger partial charge in [-0.25, -0.2) is 0 Å². The third-order valence-corrected chi connectivity index (χ3v) is 4.41. The predicted octanol–water partition coefficient (Wildman–Crippen LogP) is 2.81. The highest BCUT2D eigenvalue weighted by molar-refractivity contribution is 6.52. The highest BCUT2D eigenvalue weighted by Gasteiger charge is 2.36. The van der Waals surface area contributed by atoms with Crippen LogP contribution in [0.3, 0.4) is 0 Å². The molecule has 0 aromatic heterocycles. The monoisotopic (exact) mass is 336 g/mol. The molecule has 3 rings (SSSR count). The quantitative estimate of drug-likeness (QED) is 0.875. The smallest absolute Gasteiger partial charge is 0.299 e. The normalized spacial score (nSPS) is 14.0. The van der Waals surface area contributed by atoms with Crippen molar-refractivity contribution in [1.29, 1.82) is 0 Å². The lowest BCUT2D eigenvalue weighted by molar-refractivity contribution is -0.114. The fourth-order valence-electron chi connectivity index (χ4n) is 3.17. The van der Waals surface area contributed by atoms with Gasteiger partial charge >= 0.3 is 0 Å². The average molecular weight is 336 g/mol. The van der Waals surface area contributed by atoms with Gasteiger partial charge in [0.2, 0.25) is 5.91 Å². The van der Waals surface area contributed by atoms with Gasteiger partial charge in [0.05, 0.1) is 17.8 Å². The first-order valence-corrected chi connectivity index (χ1v) is 8.08. The van der Waals surface area contributed by atoms with Crippen LogP contribution in [0.4, 0.5) is 5.69 Å². The van der Waals surface area contributed by atoms with Gasteiger partial charge in [0.15, 0.2) is 0 Å². The van der Waals surface area contributed by atoms with Gasteiger partial charge in [0, 0.05) is 5.56 Å². The molecule has 5 heteroatoms. The number of carbonyl (C=O) groups is 3. The lowest BCUT2D eigenvalue weighted by atomic mass is 9.83. The molecule has 25 heavy (non-hydrogen) atoms. The Morgan fingerprint density at radius 1 is 1.08 bits per heavy atom. The molecule has 1 aliphatic rings. The van der Waals surface area contributed by atoms with Crippen LogP contribution in [0.1, 0.15) is 52.6 Å². The van der Waals surface area contributed by atoms with Crippen LogP contribution in [0.5, 0.6) is 0 Å². The topological polar surface area (TPSA) is 80.5 Å². The molecule has 0 radical (unpaired) electrons. The van der Waals surface area contributed by atoms with Gasteiger partial charge < -0.3 is 10.6 Å². The molecule has 128 valence electrons. The first-order valence-electron chi connectivity index (χ1n) is 8.08. The van der Waals surface area contributed by atoms with Crippen LogP contribution < -0.4 is 10.6 Å². The molecule has 1 heterocycles. The fourth-order valence-corrected chi connectivity index (χ4v) is 3.17. The standard InChI is InChI=1S/C20H20N2O3/c1-20(2,3)15-7-5-4-6-13(15)11-22-16-9-8-12(18(21)24)10-14(16)17(23)19(22)25/h4-10H,11H2,1-3H3,(H2,21,24). The second-order valence-electron chi connectivity index (χ2n) is 7.22. The van der Waals surface area contributed by atoms with Crippen molar-refractivity contribution in [2.24, 2.45) is 5.73 Å². The highest BCUT2D eigenvalue weighted by Crippen LogP contribution is 2.33. The Labute approximate surface area is 146 Å². The minimum Gasteiger partial charge on any atom is -0.366 e. The molecule has 0 saturated heterocycles. The molecule has 0 spiro atoms. The lowest BCUT2D eigenvalue weighted by Crippen LogP contribution is -2.30. The van der Waals surface area contributed by atoms with Crippen molar-refractivity contribution in [1.82, 2.24) is 0 Å². The second kappa shape index (κ2) is 5.84. The van der Waals surface area contributed by atoms with Crippen LogP contribution in [-0.2, 0) is 16.8 Å². The molecule has 0 unspecified atom stereocenters. The molecular weight excluding hydrogens is 316 g/mol. The zero-order chi connectivity index (χ0) is 18.4. The molecule has 2 aromatic rings. The van der Waals surface area contributed by atoms with Crippen LogP contribution in [-0.4, -0.2) is 17.6 Å². The summed E-state index contributed by atoms with van der Waals surface area (Å²) in [6.45, 7) is 6.63. The Hall–Kier alpha value is -2.95. The van der Waals surface area contributed by atoms with Crippen LogP contribution >= 0.6 is 0 Å². The Morgan fingerprint density at radius 2 is 1.76 bits per heavy atom.